The molecule has 0 spiro atoms. The third kappa shape index (κ3) is 15.1. The molecular formula is C38H56CoN2O6. The fourth-order valence-corrected chi connectivity index (χ4v) is 5.15. The number of benzene rings is 2. The Bertz CT molecular complexity index is 1270. The molecule has 1 saturated carbocycles. The minimum Gasteiger partial charge on any atom is -0.550 e. The number of rotatable bonds is 6. The van der Waals surface area contributed by atoms with E-state index in [4.69, 9.17) is 29.8 Å². The second-order valence-electron chi connectivity index (χ2n) is 14.8. The predicted molar refractivity (Wildman–Crippen MR) is 184 cm³/mol. The molecule has 3 rings (SSSR count). The molecule has 1 aliphatic rings. The number of phenolic OH excluding ortho intramolecular Hbond substituents is 2. The van der Waals surface area contributed by atoms with Crippen LogP contribution in [0.3, 0.4) is 0 Å². The zero-order chi connectivity index (χ0) is 35.6. The summed E-state index contributed by atoms with van der Waals surface area (Å²) in [6.07, 6.45) is 7.76. The molecule has 0 bridgehead atoms. The molecule has 2 aromatic carbocycles. The van der Waals surface area contributed by atoms with E-state index < -0.39 is 11.9 Å². The molecular weight excluding hydrogens is 639 g/mol. The average Bonchev–Trinajstić information content (AvgIpc) is 2.90. The van der Waals surface area contributed by atoms with E-state index in [1.54, 1.807) is 0 Å². The van der Waals surface area contributed by atoms with Crippen molar-refractivity contribution in [3.8, 4) is 11.5 Å². The molecule has 0 aliphatic heterocycles. The Hall–Kier alpha value is -3.17. The molecule has 1 radical (unpaired) electrons. The number of aliphatic imine (C=N–C) groups is 2. The second-order valence-corrected chi connectivity index (χ2v) is 14.8. The van der Waals surface area contributed by atoms with Crippen molar-refractivity contribution in [2.24, 2.45) is 9.98 Å². The molecule has 8 nitrogen and oxygen atoms in total. The van der Waals surface area contributed by atoms with E-state index in [1.807, 2.05) is 12.4 Å². The molecule has 2 unspecified atom stereocenters. The van der Waals surface area contributed by atoms with E-state index in [9.17, 15) is 10.2 Å². The Balaban J connectivity index is 0.00000211. The summed E-state index contributed by atoms with van der Waals surface area (Å²) < 4.78 is 0. The fourth-order valence-electron chi connectivity index (χ4n) is 5.15. The number of hydrogen-bond donors (Lipinski definition) is 2. The van der Waals surface area contributed by atoms with Gasteiger partial charge in [0.2, 0.25) is 0 Å². The Labute approximate surface area is 293 Å². The van der Waals surface area contributed by atoms with Gasteiger partial charge >= 0.3 is 16.8 Å². The Kier molecular flexibility index (Phi) is 17.7. The molecule has 0 aromatic heterocycles. The largest absolute Gasteiger partial charge is 2.00 e. The summed E-state index contributed by atoms with van der Waals surface area (Å²) >= 11 is 0. The number of carboxylic acids is 2. The van der Waals surface area contributed by atoms with Crippen molar-refractivity contribution in [1.29, 1.82) is 0 Å². The van der Waals surface area contributed by atoms with Gasteiger partial charge in [0, 0.05) is 46.6 Å². The smallest absolute Gasteiger partial charge is 0.550 e. The van der Waals surface area contributed by atoms with Crippen molar-refractivity contribution in [2.45, 2.75) is 144 Å². The molecule has 2 aromatic rings. The van der Waals surface area contributed by atoms with Crippen LogP contribution in [-0.2, 0) is 37.2 Å². The van der Waals surface area contributed by atoms with Gasteiger partial charge in [-0.1, -0.05) is 81.4 Å². The van der Waals surface area contributed by atoms with E-state index in [-0.39, 0.29) is 39.7 Å². The average molecular weight is 696 g/mol. The van der Waals surface area contributed by atoms with Crippen molar-refractivity contribution >= 4 is 24.4 Å². The summed E-state index contributed by atoms with van der Waals surface area (Å²) in [6.45, 7) is 23.5. The maximum Gasteiger partial charge on any atom is 2.00 e. The van der Waals surface area contributed by atoms with Gasteiger partial charge in [0.1, 0.15) is 11.5 Å². The summed E-state index contributed by atoms with van der Waals surface area (Å²) in [5.74, 6) is -0.735. The quantitative estimate of drug-likeness (QED) is 0.340. The number of carbonyl (C=O) groups is 2. The van der Waals surface area contributed by atoms with Crippen molar-refractivity contribution < 1.29 is 46.8 Å². The Morgan fingerprint density at radius 3 is 1.28 bits per heavy atom. The topological polar surface area (TPSA) is 145 Å². The third-order valence-electron chi connectivity index (χ3n) is 7.74. The first kappa shape index (κ1) is 43.8. The van der Waals surface area contributed by atoms with Crippen LogP contribution >= 0.6 is 0 Å². The van der Waals surface area contributed by atoms with Gasteiger partial charge in [-0.2, -0.15) is 0 Å². The standard InChI is InChI=1S/C34H50N2O2.2C2H4O2.Co/c1-21(2)23-14-25(31(37)29(16-23)33(5,6)7)19-35-27-12-11-13-28(18-27)36-20-26-15-24(22(3)4)17-30(32(26)38)34(8,9)10;2*1-2(3)4;/h14-17,19-22,27-28,37-38H,11-13,18H2,1-10H3;2*1H3,(H,3,4);/q;;;+2/p-2. The molecule has 0 saturated heterocycles. The van der Waals surface area contributed by atoms with Crippen LogP contribution in [0.5, 0.6) is 11.5 Å². The number of carbonyl (C=O) groups excluding carboxylic acids is 2. The van der Waals surface area contributed by atoms with Gasteiger partial charge in [-0.15, -0.1) is 0 Å². The zero-order valence-corrected chi connectivity index (χ0v) is 31.4. The molecule has 0 heterocycles. The second kappa shape index (κ2) is 19.0. The Morgan fingerprint density at radius 2 is 1.02 bits per heavy atom. The minimum atomic E-state index is -1.08. The first-order valence-electron chi connectivity index (χ1n) is 16.2. The van der Waals surface area contributed by atoms with Crippen LogP contribution in [0.15, 0.2) is 34.3 Å². The maximum absolute atomic E-state index is 11.1. The Morgan fingerprint density at radius 1 is 0.723 bits per heavy atom. The van der Waals surface area contributed by atoms with Gasteiger partial charge in [0.15, 0.2) is 0 Å². The van der Waals surface area contributed by atoms with E-state index in [0.717, 1.165) is 61.8 Å². The van der Waals surface area contributed by atoms with E-state index >= 15 is 0 Å². The van der Waals surface area contributed by atoms with Crippen LogP contribution in [0.2, 0.25) is 0 Å². The zero-order valence-electron chi connectivity index (χ0n) is 30.4. The van der Waals surface area contributed by atoms with Crippen LogP contribution < -0.4 is 10.2 Å². The summed E-state index contributed by atoms with van der Waals surface area (Å²) in [5.41, 5.74) is 5.69. The van der Waals surface area contributed by atoms with E-state index in [2.05, 4.69) is 93.5 Å². The summed E-state index contributed by atoms with van der Waals surface area (Å²) in [4.78, 5) is 27.7. The number of nitrogens with zero attached hydrogens (tertiary/aromatic N) is 2. The van der Waals surface area contributed by atoms with Crippen molar-refractivity contribution in [3.63, 3.8) is 0 Å². The van der Waals surface area contributed by atoms with Gasteiger partial charge in [0.25, 0.3) is 0 Å². The summed E-state index contributed by atoms with van der Waals surface area (Å²) in [5, 5.41) is 39.9. The molecule has 2 N–H and O–H groups in total. The van der Waals surface area contributed by atoms with Gasteiger partial charge in [-0.25, -0.2) is 0 Å². The SMILES string of the molecule is CC(=O)[O-].CC(=O)[O-].CC(C)c1cc(C=NC2CCCC(N=Cc3cc(C(C)C)cc(C(C)(C)C)c3O)C2)c(O)c(C(C)(C)C)c1.[Co+2]. The molecule has 0 amide bonds. The summed E-state index contributed by atoms with van der Waals surface area (Å²) in [6, 6.07) is 8.77. The van der Waals surface area contributed by atoms with E-state index in [1.165, 1.54) is 11.1 Å². The third-order valence-corrected chi connectivity index (χ3v) is 7.74. The van der Waals surface area contributed by atoms with Gasteiger partial charge in [-0.05, 0) is 85.5 Å². The van der Waals surface area contributed by atoms with Gasteiger partial charge in [-0.3, -0.25) is 9.98 Å². The normalized spacial score (nSPS) is 16.7. The van der Waals surface area contributed by atoms with Crippen molar-refractivity contribution in [1.82, 2.24) is 0 Å². The minimum absolute atomic E-state index is 0. The molecule has 1 aliphatic carbocycles. The molecule has 9 heteroatoms. The van der Waals surface area contributed by atoms with Crippen molar-refractivity contribution in [2.75, 3.05) is 0 Å². The molecule has 47 heavy (non-hydrogen) atoms. The number of phenols is 2. The number of carboxylic acid groups (broad SMARTS) is 2. The summed E-state index contributed by atoms with van der Waals surface area (Å²) in [7, 11) is 0. The van der Waals surface area contributed by atoms with E-state index in [0.29, 0.717) is 23.3 Å². The van der Waals surface area contributed by atoms with Crippen molar-refractivity contribution in [3.05, 3.63) is 57.6 Å². The number of hydrogen-bond acceptors (Lipinski definition) is 8. The molecule has 263 valence electrons. The first-order chi connectivity index (χ1) is 21.0. The number of aromatic hydroxyl groups is 2. The van der Waals surface area contributed by atoms with Crippen LogP contribution in [0.4, 0.5) is 0 Å². The predicted octanol–water partition coefficient (Wildman–Crippen LogP) is 6.30. The van der Waals surface area contributed by atoms with Gasteiger partial charge < -0.3 is 30.0 Å². The van der Waals surface area contributed by atoms with Crippen LogP contribution in [0.25, 0.3) is 0 Å². The van der Waals surface area contributed by atoms with Crippen LogP contribution in [-0.4, -0.2) is 46.7 Å². The molecule has 2 atom stereocenters. The van der Waals surface area contributed by atoms with Crippen LogP contribution in [0, 0.1) is 0 Å². The number of aliphatic carboxylic acids is 2. The van der Waals surface area contributed by atoms with Crippen LogP contribution in [0.1, 0.15) is 154 Å². The first-order valence-corrected chi connectivity index (χ1v) is 16.2. The maximum atomic E-state index is 11.1. The van der Waals surface area contributed by atoms with Gasteiger partial charge in [0.05, 0.1) is 12.1 Å². The molecule has 1 fully saturated rings. The monoisotopic (exact) mass is 695 g/mol. The fraction of sp³-hybridized carbons (Fsp3) is 0.579.